The number of aromatic nitrogens is 2. The van der Waals surface area contributed by atoms with Crippen molar-refractivity contribution in [2.45, 2.75) is 13.2 Å². The first-order valence-electron chi connectivity index (χ1n) is 11.1. The Morgan fingerprint density at radius 3 is 2.68 bits per heavy atom. The van der Waals surface area contributed by atoms with E-state index in [-0.39, 0.29) is 0 Å². The van der Waals surface area contributed by atoms with Crippen LogP contribution in [0.4, 0.5) is 0 Å². The Hall–Kier alpha value is -4.08. The summed E-state index contributed by atoms with van der Waals surface area (Å²) in [5.41, 5.74) is 9.19. The molecule has 2 aliphatic heterocycles. The van der Waals surface area contributed by atoms with Gasteiger partial charge in [0, 0.05) is 30.6 Å². The third kappa shape index (κ3) is 4.80. The van der Waals surface area contributed by atoms with Crippen LogP contribution in [0.1, 0.15) is 16.7 Å². The highest BCUT2D eigenvalue weighted by Crippen LogP contribution is 2.34. The number of nitrogens with one attached hydrogen (secondary N) is 1. The zero-order valence-corrected chi connectivity index (χ0v) is 19.0. The van der Waals surface area contributed by atoms with Crippen LogP contribution in [0.25, 0.3) is 5.70 Å². The summed E-state index contributed by atoms with van der Waals surface area (Å²) >= 11 is 0. The number of aryl methyl sites for hydroxylation is 1. The fourth-order valence-electron chi connectivity index (χ4n) is 3.86. The summed E-state index contributed by atoms with van der Waals surface area (Å²) in [6.45, 7) is 2.10. The van der Waals surface area contributed by atoms with E-state index < -0.39 is 0 Å². The predicted octanol–water partition coefficient (Wildman–Crippen LogP) is 2.76. The van der Waals surface area contributed by atoms with E-state index in [4.69, 9.17) is 15.3 Å². The van der Waals surface area contributed by atoms with E-state index in [0.29, 0.717) is 26.4 Å². The molecule has 0 saturated heterocycles. The summed E-state index contributed by atoms with van der Waals surface area (Å²) in [5.74, 6) is 6.79. The number of hydrazine groups is 2. The maximum Gasteiger partial charge on any atom is 0.124 e. The molecule has 174 valence electrons. The molecule has 3 N–H and O–H groups in total. The Kier molecular flexibility index (Phi) is 6.28. The molecule has 9 nitrogen and oxygen atoms in total. The Labute approximate surface area is 198 Å². The molecule has 0 spiro atoms. The maximum absolute atomic E-state index is 6.07. The third-order valence-electron chi connectivity index (χ3n) is 5.50. The van der Waals surface area contributed by atoms with Crippen LogP contribution < -0.4 is 16.0 Å². The van der Waals surface area contributed by atoms with E-state index in [2.05, 4.69) is 21.6 Å². The molecule has 0 radical (unpaired) electrons. The molecular formula is C25H27N7O2. The van der Waals surface area contributed by atoms with E-state index in [1.807, 2.05) is 79.2 Å². The zero-order chi connectivity index (χ0) is 23.3. The van der Waals surface area contributed by atoms with Crippen LogP contribution in [0.2, 0.25) is 0 Å². The molecule has 0 atom stereocenters. The lowest BCUT2D eigenvalue weighted by atomic mass is 10.1. The number of ether oxygens (including phenoxy) is 2. The van der Waals surface area contributed by atoms with Crippen LogP contribution in [0.5, 0.6) is 5.75 Å². The summed E-state index contributed by atoms with van der Waals surface area (Å²) in [6, 6.07) is 18.1. The van der Waals surface area contributed by atoms with Crippen molar-refractivity contribution in [3.8, 4) is 5.75 Å². The number of nitrogens with zero attached hydrogens (tertiary/aromatic N) is 5. The summed E-state index contributed by atoms with van der Waals surface area (Å²) in [4.78, 5) is 4.55. The highest BCUT2D eigenvalue weighted by molar-refractivity contribution is 5.77. The molecule has 3 heterocycles. The Bertz CT molecular complexity index is 1230. The number of hydrogen-bond donors (Lipinski definition) is 2. The minimum atomic E-state index is 0.464. The molecule has 0 aliphatic carbocycles. The van der Waals surface area contributed by atoms with Gasteiger partial charge in [-0.1, -0.05) is 48.5 Å². The largest absolute Gasteiger partial charge is 0.491 e. The number of benzene rings is 2. The fourth-order valence-corrected chi connectivity index (χ4v) is 3.86. The Morgan fingerprint density at radius 1 is 1.03 bits per heavy atom. The Morgan fingerprint density at radius 2 is 1.85 bits per heavy atom. The summed E-state index contributed by atoms with van der Waals surface area (Å²) in [5, 5.41) is 7.76. The lowest BCUT2D eigenvalue weighted by molar-refractivity contribution is 0.0883. The second-order valence-electron chi connectivity index (χ2n) is 8.02. The van der Waals surface area contributed by atoms with E-state index in [1.165, 1.54) is 5.01 Å². The van der Waals surface area contributed by atoms with E-state index >= 15 is 0 Å². The molecule has 1 aromatic heterocycles. The standard InChI is InChI=1S/C25H27N7O2/c1-30-14-21(13-28-30)24-25-22(16-31(26)18-27-25)32(29-24)15-20-9-5-6-10-23(20)34-12-11-33-17-19-7-3-2-4-8-19/h2-10,13-14,16,18,29H,11-12,15,17,26H2,1H3. The highest BCUT2D eigenvalue weighted by atomic mass is 16.5. The van der Waals surface area contributed by atoms with Gasteiger partial charge in [0.05, 0.1) is 31.7 Å². The smallest absolute Gasteiger partial charge is 0.124 e. The first kappa shape index (κ1) is 21.7. The second-order valence-corrected chi connectivity index (χ2v) is 8.02. The minimum absolute atomic E-state index is 0.464. The van der Waals surface area contributed by atoms with E-state index in [0.717, 1.165) is 39.5 Å². The van der Waals surface area contributed by atoms with Crippen molar-refractivity contribution in [3.05, 3.63) is 101 Å². The average Bonchev–Trinajstić information content (AvgIpc) is 3.44. The average molecular weight is 458 g/mol. The lowest BCUT2D eigenvalue weighted by Gasteiger charge is -2.25. The molecule has 5 rings (SSSR count). The van der Waals surface area contributed by atoms with Crippen LogP contribution in [-0.2, 0) is 24.9 Å². The molecular weight excluding hydrogens is 430 g/mol. The summed E-state index contributed by atoms with van der Waals surface area (Å²) < 4.78 is 13.6. The second kappa shape index (κ2) is 9.82. The van der Waals surface area contributed by atoms with Crippen molar-refractivity contribution in [1.29, 1.82) is 0 Å². The van der Waals surface area contributed by atoms with Crippen molar-refractivity contribution in [3.63, 3.8) is 0 Å². The first-order chi connectivity index (χ1) is 16.7. The molecule has 9 heteroatoms. The molecule has 3 aromatic rings. The normalized spacial score (nSPS) is 14.8. The predicted molar refractivity (Wildman–Crippen MR) is 129 cm³/mol. The fraction of sp³-hybridized carbons (Fsp3) is 0.200. The van der Waals surface area contributed by atoms with Crippen molar-refractivity contribution >= 4 is 12.0 Å². The molecule has 0 bridgehead atoms. The van der Waals surface area contributed by atoms with Gasteiger partial charge in [0.1, 0.15) is 30.1 Å². The van der Waals surface area contributed by atoms with Gasteiger partial charge >= 0.3 is 0 Å². The van der Waals surface area contributed by atoms with Crippen molar-refractivity contribution in [2.75, 3.05) is 13.2 Å². The van der Waals surface area contributed by atoms with Gasteiger partial charge in [-0.3, -0.25) is 20.1 Å². The number of aliphatic imine (C=N–C) groups is 1. The van der Waals surface area contributed by atoms with Gasteiger partial charge < -0.3 is 9.47 Å². The van der Waals surface area contributed by atoms with Crippen LogP contribution in [0, 0.1) is 0 Å². The number of para-hydroxylation sites is 1. The zero-order valence-electron chi connectivity index (χ0n) is 19.0. The van der Waals surface area contributed by atoms with Gasteiger partial charge in [0.15, 0.2) is 0 Å². The highest BCUT2D eigenvalue weighted by Gasteiger charge is 2.30. The monoisotopic (exact) mass is 457 g/mol. The SMILES string of the molecule is Cn1cc(C2=C3N=CN(N)C=C3N(Cc3ccccc3OCCOCc3ccccc3)N2)cn1. The number of hydrogen-bond acceptors (Lipinski definition) is 8. The molecule has 0 unspecified atom stereocenters. The minimum Gasteiger partial charge on any atom is -0.491 e. The van der Waals surface area contributed by atoms with Crippen LogP contribution in [0.3, 0.4) is 0 Å². The molecule has 0 amide bonds. The summed E-state index contributed by atoms with van der Waals surface area (Å²) in [6.07, 6.45) is 7.20. The van der Waals surface area contributed by atoms with E-state index in [9.17, 15) is 0 Å². The molecule has 2 aromatic carbocycles. The molecule has 0 saturated carbocycles. The number of nitrogens with two attached hydrogens (primary N) is 1. The third-order valence-corrected chi connectivity index (χ3v) is 5.50. The number of fused-ring (bicyclic) bond motifs is 1. The Balaban J connectivity index is 1.25. The quantitative estimate of drug-likeness (QED) is 0.377. The van der Waals surface area contributed by atoms with Crippen LogP contribution >= 0.6 is 0 Å². The molecule has 0 fully saturated rings. The summed E-state index contributed by atoms with van der Waals surface area (Å²) in [7, 11) is 1.89. The van der Waals surface area contributed by atoms with Crippen molar-refractivity contribution < 1.29 is 9.47 Å². The van der Waals surface area contributed by atoms with Gasteiger partial charge in [0.25, 0.3) is 0 Å². The van der Waals surface area contributed by atoms with Gasteiger partial charge in [-0.25, -0.2) is 10.8 Å². The first-order valence-corrected chi connectivity index (χ1v) is 11.1. The number of rotatable bonds is 9. The van der Waals surface area contributed by atoms with Gasteiger partial charge in [-0.15, -0.1) is 0 Å². The molecule has 2 aliphatic rings. The maximum atomic E-state index is 6.07. The van der Waals surface area contributed by atoms with E-state index in [1.54, 1.807) is 11.0 Å². The van der Waals surface area contributed by atoms with Crippen molar-refractivity contribution in [2.24, 2.45) is 17.9 Å². The topological polar surface area (TPSA) is 93.2 Å². The lowest BCUT2D eigenvalue weighted by Crippen LogP contribution is -2.33. The van der Waals surface area contributed by atoms with Crippen LogP contribution in [0.15, 0.2) is 89.6 Å². The van der Waals surface area contributed by atoms with Gasteiger partial charge in [-0.05, 0) is 11.6 Å². The van der Waals surface area contributed by atoms with Crippen LogP contribution in [-0.4, -0.2) is 39.4 Å². The molecule has 34 heavy (non-hydrogen) atoms. The van der Waals surface area contributed by atoms with Gasteiger partial charge in [0.2, 0.25) is 0 Å². The van der Waals surface area contributed by atoms with Gasteiger partial charge in [-0.2, -0.15) is 5.10 Å². The van der Waals surface area contributed by atoms with Crippen molar-refractivity contribution in [1.82, 2.24) is 25.2 Å².